The molecule has 0 aromatic heterocycles. The lowest BCUT2D eigenvalue weighted by molar-refractivity contribution is -0.142. The number of phenolic OH excluding ortho intramolecular Hbond substituents is 1. The Morgan fingerprint density at radius 2 is 1.83 bits per heavy atom. The smallest absolute Gasteiger partial charge is 0.342 e. The minimum Gasteiger partial charge on any atom is -0.507 e. The highest BCUT2D eigenvalue weighted by atomic mass is 16.5. The third-order valence-corrected chi connectivity index (χ3v) is 3.97. The molecule has 0 aliphatic heterocycles. The van der Waals surface area contributed by atoms with Crippen molar-refractivity contribution in [2.45, 2.75) is 38.7 Å². The number of carbonyl (C=O) groups excluding carboxylic acids is 3. The van der Waals surface area contributed by atoms with Gasteiger partial charge in [0.2, 0.25) is 0 Å². The fourth-order valence-electron chi connectivity index (χ4n) is 2.59. The molecule has 1 atom stereocenters. The van der Waals surface area contributed by atoms with Crippen molar-refractivity contribution in [3.05, 3.63) is 28.8 Å². The summed E-state index contributed by atoms with van der Waals surface area (Å²) in [6.45, 7) is 1.08. The van der Waals surface area contributed by atoms with Gasteiger partial charge in [-0.05, 0) is 55.9 Å². The molecule has 0 radical (unpaired) electrons. The monoisotopic (exact) mass is 335 g/mol. The summed E-state index contributed by atoms with van der Waals surface area (Å²) < 4.78 is 9.48. The van der Waals surface area contributed by atoms with Gasteiger partial charge in [-0.2, -0.15) is 0 Å². The van der Waals surface area contributed by atoms with E-state index >= 15 is 0 Å². The maximum absolute atomic E-state index is 12.2. The fraction of sp³-hybridized carbons (Fsp3) is 0.471. The quantitative estimate of drug-likeness (QED) is 0.782. The molecule has 1 aromatic carbocycles. The van der Waals surface area contributed by atoms with E-state index in [0.717, 1.165) is 36.8 Å². The van der Waals surface area contributed by atoms with Gasteiger partial charge in [-0.3, -0.25) is 9.59 Å². The number of methoxy groups -OCH3 is 1. The number of esters is 2. The van der Waals surface area contributed by atoms with Gasteiger partial charge in [-0.1, -0.05) is 0 Å². The van der Waals surface area contributed by atoms with Gasteiger partial charge in [0.25, 0.3) is 5.91 Å². The highest BCUT2D eigenvalue weighted by Gasteiger charge is 2.23. The van der Waals surface area contributed by atoms with Crippen LogP contribution in [0.2, 0.25) is 0 Å². The van der Waals surface area contributed by atoms with E-state index in [-0.39, 0.29) is 17.9 Å². The summed E-state index contributed by atoms with van der Waals surface area (Å²) in [6.07, 6.45) is 2.74. The third-order valence-electron chi connectivity index (χ3n) is 3.97. The number of rotatable bonds is 5. The molecule has 1 unspecified atom stereocenters. The van der Waals surface area contributed by atoms with Crippen molar-refractivity contribution in [3.8, 4) is 5.75 Å². The molecule has 1 aliphatic rings. The van der Waals surface area contributed by atoms with Gasteiger partial charge in [0.15, 0.2) is 6.10 Å². The lowest BCUT2D eigenvalue weighted by Gasteiger charge is -2.18. The van der Waals surface area contributed by atoms with Crippen molar-refractivity contribution in [2.75, 3.05) is 13.7 Å². The van der Waals surface area contributed by atoms with Crippen LogP contribution in [0.5, 0.6) is 5.75 Å². The molecule has 1 aliphatic carbocycles. The highest BCUT2D eigenvalue weighted by molar-refractivity contribution is 5.95. The second-order valence-electron chi connectivity index (χ2n) is 5.69. The molecular weight excluding hydrogens is 314 g/mol. The van der Waals surface area contributed by atoms with Crippen LogP contribution in [0.1, 0.15) is 41.3 Å². The fourth-order valence-corrected chi connectivity index (χ4v) is 2.59. The third kappa shape index (κ3) is 4.24. The van der Waals surface area contributed by atoms with Gasteiger partial charge in [-0.25, -0.2) is 4.79 Å². The number of benzene rings is 1. The number of hydrogen-bond acceptors (Lipinski definition) is 6. The zero-order valence-corrected chi connectivity index (χ0v) is 13.8. The Labute approximate surface area is 139 Å². The van der Waals surface area contributed by atoms with Crippen LogP contribution in [0.4, 0.5) is 0 Å². The van der Waals surface area contributed by atoms with Crippen molar-refractivity contribution in [2.24, 2.45) is 0 Å². The summed E-state index contributed by atoms with van der Waals surface area (Å²) in [6, 6.07) is 3.22. The summed E-state index contributed by atoms with van der Waals surface area (Å²) in [4.78, 5) is 35.0. The van der Waals surface area contributed by atoms with E-state index in [4.69, 9.17) is 4.74 Å². The van der Waals surface area contributed by atoms with E-state index in [1.165, 1.54) is 14.0 Å². The summed E-state index contributed by atoms with van der Waals surface area (Å²) >= 11 is 0. The number of nitrogens with one attached hydrogen (secondary N) is 1. The largest absolute Gasteiger partial charge is 0.507 e. The normalized spacial score (nSPS) is 14.2. The topological polar surface area (TPSA) is 102 Å². The first-order valence-corrected chi connectivity index (χ1v) is 7.82. The molecule has 0 saturated heterocycles. The lowest BCUT2D eigenvalue weighted by Crippen LogP contribution is -2.38. The second-order valence-corrected chi connectivity index (χ2v) is 5.69. The Balaban J connectivity index is 2.01. The molecule has 0 fully saturated rings. The molecule has 0 spiro atoms. The Hall–Kier alpha value is -2.57. The molecule has 130 valence electrons. The maximum atomic E-state index is 12.2. The first-order valence-electron chi connectivity index (χ1n) is 7.82. The van der Waals surface area contributed by atoms with Gasteiger partial charge in [0.05, 0.1) is 7.11 Å². The zero-order valence-electron chi connectivity index (χ0n) is 13.8. The van der Waals surface area contributed by atoms with Crippen LogP contribution in [0, 0.1) is 0 Å². The van der Waals surface area contributed by atoms with Crippen molar-refractivity contribution in [1.82, 2.24) is 5.32 Å². The molecular formula is C17H21NO6. The van der Waals surface area contributed by atoms with Crippen LogP contribution in [0.25, 0.3) is 0 Å². The van der Waals surface area contributed by atoms with E-state index in [0.29, 0.717) is 0 Å². The maximum Gasteiger partial charge on any atom is 0.342 e. The summed E-state index contributed by atoms with van der Waals surface area (Å²) in [5, 5.41) is 12.3. The summed E-state index contributed by atoms with van der Waals surface area (Å²) in [5.74, 6) is -2.15. The molecule has 0 saturated carbocycles. The van der Waals surface area contributed by atoms with Crippen LogP contribution >= 0.6 is 0 Å². The van der Waals surface area contributed by atoms with Gasteiger partial charge in [-0.15, -0.1) is 0 Å². The number of hydrogen-bond donors (Lipinski definition) is 2. The van der Waals surface area contributed by atoms with Crippen molar-refractivity contribution in [3.63, 3.8) is 0 Å². The summed E-state index contributed by atoms with van der Waals surface area (Å²) in [7, 11) is 1.21. The van der Waals surface area contributed by atoms with E-state index in [9.17, 15) is 19.5 Å². The summed E-state index contributed by atoms with van der Waals surface area (Å²) in [5.41, 5.74) is 2.11. The zero-order chi connectivity index (χ0) is 17.7. The number of phenols is 1. The molecule has 1 amide bonds. The highest BCUT2D eigenvalue weighted by Crippen LogP contribution is 2.29. The minimum atomic E-state index is -1.10. The molecule has 24 heavy (non-hydrogen) atoms. The minimum absolute atomic E-state index is 0.0447. The number of aryl methyl sites for hydroxylation is 2. The van der Waals surface area contributed by atoms with Crippen molar-refractivity contribution >= 4 is 17.8 Å². The first-order chi connectivity index (χ1) is 11.4. The van der Waals surface area contributed by atoms with E-state index < -0.39 is 23.9 Å². The molecule has 2 rings (SSSR count). The SMILES string of the molecule is COC(=O)CNC(=O)C(C)OC(=O)c1cc2c(cc1O)CCCC2. The Morgan fingerprint density at radius 1 is 1.21 bits per heavy atom. The average molecular weight is 335 g/mol. The lowest BCUT2D eigenvalue weighted by atomic mass is 9.90. The predicted octanol–water partition coefficient (Wildman–Crippen LogP) is 1.11. The van der Waals surface area contributed by atoms with Gasteiger partial charge >= 0.3 is 11.9 Å². The van der Waals surface area contributed by atoms with E-state index in [1.54, 1.807) is 12.1 Å². The van der Waals surface area contributed by atoms with Crippen LogP contribution < -0.4 is 5.32 Å². The molecule has 2 N–H and O–H groups in total. The number of amides is 1. The van der Waals surface area contributed by atoms with Crippen molar-refractivity contribution < 1.29 is 29.0 Å². The Bertz CT molecular complexity index is 655. The molecule has 7 heteroatoms. The second kappa shape index (κ2) is 7.81. The molecule has 0 bridgehead atoms. The van der Waals surface area contributed by atoms with Gasteiger partial charge < -0.3 is 19.9 Å². The van der Waals surface area contributed by atoms with E-state index in [1.807, 2.05) is 0 Å². The number of fused-ring (bicyclic) bond motifs is 1. The average Bonchev–Trinajstić information content (AvgIpc) is 2.58. The first kappa shape index (κ1) is 17.8. The number of ether oxygens (including phenoxy) is 2. The van der Waals surface area contributed by atoms with Gasteiger partial charge in [0, 0.05) is 0 Å². The van der Waals surface area contributed by atoms with Crippen LogP contribution in [-0.2, 0) is 31.9 Å². The van der Waals surface area contributed by atoms with Crippen LogP contribution in [0.3, 0.4) is 0 Å². The number of aromatic hydroxyl groups is 1. The standard InChI is InChI=1S/C17H21NO6/c1-10(16(21)18-9-15(20)23-2)24-17(22)13-7-11-5-3-4-6-12(11)8-14(13)19/h7-8,10,19H,3-6,9H2,1-2H3,(H,18,21). The van der Waals surface area contributed by atoms with E-state index in [2.05, 4.69) is 10.1 Å². The molecule has 1 aromatic rings. The Kier molecular flexibility index (Phi) is 5.78. The molecule has 7 nitrogen and oxygen atoms in total. The van der Waals surface area contributed by atoms with Crippen molar-refractivity contribution in [1.29, 1.82) is 0 Å². The molecule has 0 heterocycles. The van der Waals surface area contributed by atoms with Gasteiger partial charge in [0.1, 0.15) is 17.9 Å². The predicted molar refractivity (Wildman–Crippen MR) is 84.7 cm³/mol. The van der Waals surface area contributed by atoms with Crippen LogP contribution in [-0.4, -0.2) is 42.7 Å². The van der Waals surface area contributed by atoms with Crippen LogP contribution in [0.15, 0.2) is 12.1 Å². The number of carbonyl (C=O) groups is 3. The Morgan fingerprint density at radius 3 is 2.46 bits per heavy atom.